The van der Waals surface area contributed by atoms with Gasteiger partial charge in [0, 0.05) is 32.7 Å². The van der Waals surface area contributed by atoms with E-state index in [1.165, 1.54) is 38.1 Å². The van der Waals surface area contributed by atoms with Gasteiger partial charge in [0.25, 0.3) is 5.91 Å². The maximum Gasteiger partial charge on any atom is 0.381 e. The van der Waals surface area contributed by atoms with E-state index in [4.69, 9.17) is 13.9 Å². The molecule has 31 heavy (non-hydrogen) atoms. The minimum Gasteiger partial charge on any atom is -0.488 e. The first-order chi connectivity index (χ1) is 14.9. The predicted octanol–water partition coefficient (Wildman–Crippen LogP) is 0.955. The van der Waals surface area contributed by atoms with E-state index in [0.717, 1.165) is 11.3 Å². The number of carbonyl (C=O) groups excluding carboxylic acids is 2. The van der Waals surface area contributed by atoms with Crippen molar-refractivity contribution < 1.29 is 23.5 Å². The molecule has 13 nitrogen and oxygen atoms in total. The monoisotopic (exact) mass is 449 g/mol. The van der Waals surface area contributed by atoms with Crippen LogP contribution in [0, 0.1) is 0 Å². The van der Waals surface area contributed by atoms with Crippen LogP contribution >= 0.6 is 11.3 Å². The van der Waals surface area contributed by atoms with Gasteiger partial charge in [0.05, 0.1) is 25.6 Å². The van der Waals surface area contributed by atoms with E-state index in [0.29, 0.717) is 24.1 Å². The summed E-state index contributed by atoms with van der Waals surface area (Å²) in [5.74, 6) is -0.894. The summed E-state index contributed by atoms with van der Waals surface area (Å²) in [6, 6.07) is 2.93. The highest BCUT2D eigenvalue weighted by Crippen LogP contribution is 2.24. The highest BCUT2D eigenvalue weighted by Gasteiger charge is 2.19. The van der Waals surface area contributed by atoms with Crippen molar-refractivity contribution in [2.45, 2.75) is 6.92 Å². The lowest BCUT2D eigenvalue weighted by atomic mass is 10.3. The molecule has 0 spiro atoms. The van der Waals surface area contributed by atoms with E-state index in [2.05, 4.69) is 31.2 Å². The van der Waals surface area contributed by atoms with Gasteiger partial charge in [-0.25, -0.2) is 4.79 Å². The maximum atomic E-state index is 12.6. The summed E-state index contributed by atoms with van der Waals surface area (Å²) in [6.07, 6.45) is 1.48. The van der Waals surface area contributed by atoms with Crippen LogP contribution in [0.5, 0.6) is 5.75 Å². The molecule has 3 heterocycles. The Kier molecular flexibility index (Phi) is 6.94. The van der Waals surface area contributed by atoms with Crippen molar-refractivity contribution >= 4 is 39.8 Å². The summed E-state index contributed by atoms with van der Waals surface area (Å²) in [5.41, 5.74) is -0.528. The first kappa shape index (κ1) is 21.9. The summed E-state index contributed by atoms with van der Waals surface area (Å²) in [6.45, 7) is 2.13. The van der Waals surface area contributed by atoms with Gasteiger partial charge < -0.3 is 24.5 Å². The highest BCUT2D eigenvalue weighted by atomic mass is 32.1. The quantitative estimate of drug-likeness (QED) is 0.401. The van der Waals surface area contributed by atoms with Gasteiger partial charge in [-0.1, -0.05) is 11.3 Å². The molecule has 0 bridgehead atoms. The lowest BCUT2D eigenvalue weighted by Gasteiger charge is -2.10. The Morgan fingerprint density at radius 3 is 2.77 bits per heavy atom. The minimum atomic E-state index is -0.815. The van der Waals surface area contributed by atoms with Crippen molar-refractivity contribution in [1.29, 1.82) is 0 Å². The molecule has 14 heteroatoms. The van der Waals surface area contributed by atoms with E-state index < -0.39 is 11.5 Å². The Balaban J connectivity index is 1.79. The molecule has 0 aromatic carbocycles. The minimum absolute atomic E-state index is 0.0602. The Hall–Kier alpha value is -3.78. The van der Waals surface area contributed by atoms with Crippen molar-refractivity contribution in [3.63, 3.8) is 0 Å². The number of anilines is 3. The lowest BCUT2D eigenvalue weighted by Crippen LogP contribution is -2.18. The van der Waals surface area contributed by atoms with Gasteiger partial charge in [-0.05, 0) is 0 Å². The van der Waals surface area contributed by atoms with Gasteiger partial charge >= 0.3 is 5.63 Å². The smallest absolute Gasteiger partial charge is 0.381 e. The number of carbonyl (C=O) groups is 2. The molecule has 2 amide bonds. The molecule has 3 rings (SSSR count). The van der Waals surface area contributed by atoms with E-state index >= 15 is 0 Å². The molecule has 3 aromatic heterocycles. The molecule has 0 radical (unpaired) electrons. The zero-order valence-corrected chi connectivity index (χ0v) is 17.6. The third-order valence-electron chi connectivity index (χ3n) is 3.72. The molecule has 0 aliphatic heterocycles. The van der Waals surface area contributed by atoms with Crippen LogP contribution in [0.1, 0.15) is 17.5 Å². The van der Waals surface area contributed by atoms with Crippen LogP contribution in [0.3, 0.4) is 0 Å². The van der Waals surface area contributed by atoms with E-state index in [-0.39, 0.29) is 28.2 Å². The number of hydrogen-bond acceptors (Lipinski definition) is 11. The Morgan fingerprint density at radius 2 is 2.06 bits per heavy atom. The molecule has 0 fully saturated rings. The summed E-state index contributed by atoms with van der Waals surface area (Å²) < 4.78 is 16.4. The Morgan fingerprint density at radius 1 is 1.26 bits per heavy atom. The molecule has 0 unspecified atom stereocenters. The number of nitrogens with one attached hydrogen (secondary N) is 3. The van der Waals surface area contributed by atoms with Crippen molar-refractivity contribution in [3.8, 4) is 10.9 Å². The summed E-state index contributed by atoms with van der Waals surface area (Å²) in [5, 5.41) is 20.4. The molecule has 0 saturated heterocycles. The Bertz CT molecular complexity index is 1140. The fourth-order valence-corrected chi connectivity index (χ4v) is 3.16. The fourth-order valence-electron chi connectivity index (χ4n) is 2.45. The summed E-state index contributed by atoms with van der Waals surface area (Å²) >= 11 is 1.01. The van der Waals surface area contributed by atoms with Gasteiger partial charge in [-0.2, -0.15) is 9.78 Å². The van der Waals surface area contributed by atoms with Crippen LogP contribution in [-0.4, -0.2) is 59.2 Å². The molecule has 0 saturated carbocycles. The molecule has 3 aromatic rings. The zero-order valence-electron chi connectivity index (χ0n) is 16.8. The van der Waals surface area contributed by atoms with E-state index in [1.54, 1.807) is 6.07 Å². The molecular formula is C17H19N7O6S. The van der Waals surface area contributed by atoms with Crippen molar-refractivity contribution in [3.05, 3.63) is 34.5 Å². The lowest BCUT2D eigenvalue weighted by molar-refractivity contribution is -0.114. The third-order valence-corrected chi connectivity index (χ3v) is 4.53. The van der Waals surface area contributed by atoms with E-state index in [9.17, 15) is 14.4 Å². The van der Waals surface area contributed by atoms with Crippen molar-refractivity contribution in [2.24, 2.45) is 0 Å². The molecule has 164 valence electrons. The number of ether oxygens (including phenoxy) is 2. The zero-order chi connectivity index (χ0) is 22.4. The second-order valence-corrected chi connectivity index (χ2v) is 6.87. The van der Waals surface area contributed by atoms with Crippen LogP contribution in [0.4, 0.5) is 16.6 Å². The van der Waals surface area contributed by atoms with Gasteiger partial charge in [0.2, 0.25) is 21.9 Å². The number of methoxy groups -OCH3 is 2. The molecule has 0 aliphatic rings. The van der Waals surface area contributed by atoms with Gasteiger partial charge in [0.15, 0.2) is 5.76 Å². The number of amides is 2. The molecule has 0 atom stereocenters. The molecule has 0 aliphatic carbocycles. The van der Waals surface area contributed by atoms with Crippen LogP contribution in [-0.2, 0) is 9.53 Å². The van der Waals surface area contributed by atoms with Crippen LogP contribution in [0.2, 0.25) is 0 Å². The number of nitrogens with zero attached hydrogens (tertiary/aromatic N) is 4. The molecular weight excluding hydrogens is 430 g/mol. The van der Waals surface area contributed by atoms with Crippen molar-refractivity contribution in [1.82, 2.24) is 20.0 Å². The van der Waals surface area contributed by atoms with Crippen LogP contribution in [0.25, 0.3) is 5.13 Å². The summed E-state index contributed by atoms with van der Waals surface area (Å²) in [7, 11) is 2.86. The Labute approximate surface area is 179 Å². The normalized spacial score (nSPS) is 10.5. The standard InChI is InChI=1S/C17H19N7O6S/c1-9(25)20-12-4-5-19-24(12)17-23-22-16(31-17)21-14(26)11-8-10(18-6-7-28-2)13(29-3)15(27)30-11/h4-5,8,18H,6-7H2,1-3H3,(H,20,25)(H,21,22,26). The van der Waals surface area contributed by atoms with Crippen LogP contribution in [0.15, 0.2) is 27.5 Å². The number of aromatic nitrogens is 4. The first-order valence-corrected chi connectivity index (χ1v) is 9.66. The number of hydrogen-bond donors (Lipinski definition) is 3. The van der Waals surface area contributed by atoms with Crippen LogP contribution < -0.4 is 26.3 Å². The fraction of sp³-hybridized carbons (Fsp3) is 0.294. The summed E-state index contributed by atoms with van der Waals surface area (Å²) in [4.78, 5) is 36.0. The van der Waals surface area contributed by atoms with Gasteiger partial charge in [-0.15, -0.1) is 10.2 Å². The van der Waals surface area contributed by atoms with Crippen molar-refractivity contribution in [2.75, 3.05) is 43.3 Å². The maximum absolute atomic E-state index is 12.6. The third kappa shape index (κ3) is 5.23. The average Bonchev–Trinajstić information content (AvgIpc) is 3.36. The average molecular weight is 449 g/mol. The van der Waals surface area contributed by atoms with E-state index in [1.807, 2.05) is 0 Å². The van der Waals surface area contributed by atoms with Gasteiger partial charge in [-0.3, -0.25) is 14.9 Å². The second-order valence-electron chi connectivity index (χ2n) is 5.92. The topological polar surface area (TPSA) is 162 Å². The largest absolute Gasteiger partial charge is 0.488 e. The number of rotatable bonds is 9. The predicted molar refractivity (Wildman–Crippen MR) is 111 cm³/mol. The second kappa shape index (κ2) is 9.82. The first-order valence-electron chi connectivity index (χ1n) is 8.84. The van der Waals surface area contributed by atoms with Gasteiger partial charge in [0.1, 0.15) is 5.82 Å². The molecule has 3 N–H and O–H groups in total. The SMILES string of the molecule is COCCNc1cc(C(=O)Nc2nnc(-n3nccc3NC(C)=O)s2)oc(=O)c1OC. The highest BCUT2D eigenvalue weighted by molar-refractivity contribution is 7.17.